The average molecular weight is 228 g/mol. The Morgan fingerprint density at radius 2 is 1.88 bits per heavy atom. The average Bonchev–Trinajstić information content (AvgIpc) is 1.61. The Bertz CT molecular complexity index is 44.5. The summed E-state index contributed by atoms with van der Waals surface area (Å²) in [5.41, 5.74) is 0. The van der Waals surface area contributed by atoms with Crippen molar-refractivity contribution in [1.29, 1.82) is 0 Å². The van der Waals surface area contributed by atoms with Crippen molar-refractivity contribution in [2.75, 3.05) is 6.61 Å². The van der Waals surface area contributed by atoms with Crippen LogP contribution in [0.15, 0.2) is 0 Å². The van der Waals surface area contributed by atoms with Crippen molar-refractivity contribution in [2.45, 2.75) is 24.9 Å². The third-order valence-corrected chi connectivity index (χ3v) is 1.02. The van der Waals surface area contributed by atoms with Crippen LogP contribution in [0, 0.1) is 5.92 Å². The summed E-state index contributed by atoms with van der Waals surface area (Å²) in [5.74, 6) is 0.659. The largest absolute Gasteiger partial charge is 0.368 e. The summed E-state index contributed by atoms with van der Waals surface area (Å²) in [6.45, 7) is 7.23. The third-order valence-electron chi connectivity index (χ3n) is 0.659. The minimum Gasteiger partial charge on any atom is -0.368 e. The van der Waals surface area contributed by atoms with Crippen molar-refractivity contribution in [2.24, 2.45) is 5.92 Å². The Hall–Kier alpha value is 0.690. The molecule has 0 aromatic rings. The van der Waals surface area contributed by atoms with Gasteiger partial charge < -0.3 is 4.74 Å². The predicted octanol–water partition coefficient (Wildman–Crippen LogP) is 2.44. The molecule has 0 amide bonds. The van der Waals surface area contributed by atoms with Crippen LogP contribution in [0.1, 0.15) is 20.8 Å². The third kappa shape index (κ3) is 6.69. The van der Waals surface area contributed by atoms with Crippen LogP contribution in [0.2, 0.25) is 0 Å². The Morgan fingerprint density at radius 3 is 2.00 bits per heavy atom. The Balaban J connectivity index is 2.93. The van der Waals surface area contributed by atoms with Crippen molar-refractivity contribution >= 4 is 22.6 Å². The SMILES string of the molecule is CC(C)COC(C)I. The lowest BCUT2D eigenvalue weighted by atomic mass is 10.2. The molecular weight excluding hydrogens is 215 g/mol. The highest BCUT2D eigenvalue weighted by molar-refractivity contribution is 14.1. The molecule has 0 saturated carbocycles. The van der Waals surface area contributed by atoms with Gasteiger partial charge in [-0.3, -0.25) is 0 Å². The van der Waals surface area contributed by atoms with Gasteiger partial charge in [0.25, 0.3) is 0 Å². The number of hydrogen-bond donors (Lipinski definition) is 0. The first-order valence-corrected chi connectivity index (χ1v) is 4.13. The molecule has 0 fully saturated rings. The van der Waals surface area contributed by atoms with E-state index in [1.54, 1.807) is 0 Å². The fourth-order valence-corrected chi connectivity index (χ4v) is 0.533. The molecular formula is C6H13IO. The summed E-state index contributed by atoms with van der Waals surface area (Å²) in [6.07, 6.45) is 0. The van der Waals surface area contributed by atoms with Gasteiger partial charge in [-0.25, -0.2) is 0 Å². The topological polar surface area (TPSA) is 9.23 Å². The molecule has 0 N–H and O–H groups in total. The van der Waals surface area contributed by atoms with Gasteiger partial charge in [-0.1, -0.05) is 36.4 Å². The van der Waals surface area contributed by atoms with Crippen LogP contribution in [0.25, 0.3) is 0 Å². The second kappa shape index (κ2) is 4.56. The van der Waals surface area contributed by atoms with E-state index in [4.69, 9.17) is 4.74 Å². The number of ether oxygens (including phenoxy) is 1. The van der Waals surface area contributed by atoms with Gasteiger partial charge in [-0.15, -0.1) is 0 Å². The Morgan fingerprint density at radius 1 is 1.38 bits per heavy atom. The maximum atomic E-state index is 5.29. The second-order valence-corrected chi connectivity index (χ2v) is 4.02. The molecule has 0 saturated heterocycles. The zero-order chi connectivity index (χ0) is 6.57. The van der Waals surface area contributed by atoms with Crippen LogP contribution < -0.4 is 0 Å². The highest BCUT2D eigenvalue weighted by Crippen LogP contribution is 2.02. The van der Waals surface area contributed by atoms with Crippen molar-refractivity contribution < 1.29 is 4.74 Å². The van der Waals surface area contributed by atoms with Crippen LogP contribution >= 0.6 is 22.6 Å². The molecule has 1 nitrogen and oxygen atoms in total. The molecule has 1 atom stereocenters. The van der Waals surface area contributed by atoms with Gasteiger partial charge >= 0.3 is 0 Å². The second-order valence-electron chi connectivity index (χ2n) is 2.27. The van der Waals surface area contributed by atoms with Gasteiger partial charge in [0.05, 0.1) is 6.61 Å². The van der Waals surface area contributed by atoms with Gasteiger partial charge in [0.2, 0.25) is 0 Å². The van der Waals surface area contributed by atoms with Crippen molar-refractivity contribution in [3.05, 3.63) is 0 Å². The molecule has 0 aromatic heterocycles. The molecule has 0 rings (SSSR count). The van der Waals surface area contributed by atoms with Gasteiger partial charge in [0, 0.05) is 0 Å². The van der Waals surface area contributed by atoms with E-state index in [1.807, 2.05) is 6.92 Å². The van der Waals surface area contributed by atoms with Gasteiger partial charge in [-0.2, -0.15) is 0 Å². The number of rotatable bonds is 3. The van der Waals surface area contributed by atoms with E-state index >= 15 is 0 Å². The minimum atomic E-state index is 0.356. The molecule has 50 valence electrons. The zero-order valence-electron chi connectivity index (χ0n) is 5.65. The molecule has 1 unspecified atom stereocenters. The molecule has 0 aliphatic rings. The highest BCUT2D eigenvalue weighted by atomic mass is 127. The van der Waals surface area contributed by atoms with E-state index in [-0.39, 0.29) is 0 Å². The van der Waals surface area contributed by atoms with E-state index < -0.39 is 0 Å². The summed E-state index contributed by atoms with van der Waals surface area (Å²) in [6, 6.07) is 0. The Kier molecular flexibility index (Phi) is 4.95. The van der Waals surface area contributed by atoms with Crippen LogP contribution in [0.5, 0.6) is 0 Å². The molecule has 0 aliphatic carbocycles. The standard InChI is InChI=1S/C6H13IO/c1-5(2)4-8-6(3)7/h5-6H,4H2,1-3H3. The Labute approximate surface area is 64.9 Å². The first-order valence-electron chi connectivity index (χ1n) is 2.88. The number of hydrogen-bond acceptors (Lipinski definition) is 1. The first-order chi connectivity index (χ1) is 3.63. The van der Waals surface area contributed by atoms with E-state index in [9.17, 15) is 0 Å². The summed E-state index contributed by atoms with van der Waals surface area (Å²) in [7, 11) is 0. The summed E-state index contributed by atoms with van der Waals surface area (Å²) >= 11 is 2.25. The lowest BCUT2D eigenvalue weighted by molar-refractivity contribution is 0.110. The first kappa shape index (κ1) is 8.69. The molecule has 0 radical (unpaired) electrons. The van der Waals surface area contributed by atoms with Crippen LogP contribution in [0.4, 0.5) is 0 Å². The van der Waals surface area contributed by atoms with Crippen LogP contribution in [0.3, 0.4) is 0 Å². The fourth-order valence-electron chi connectivity index (χ4n) is 0.325. The smallest absolute Gasteiger partial charge is 0.106 e. The summed E-state index contributed by atoms with van der Waals surface area (Å²) in [4.78, 5) is 0. The van der Waals surface area contributed by atoms with Crippen LogP contribution in [-0.4, -0.2) is 10.7 Å². The maximum Gasteiger partial charge on any atom is 0.106 e. The van der Waals surface area contributed by atoms with Crippen molar-refractivity contribution in [3.63, 3.8) is 0 Å². The lowest BCUT2D eigenvalue weighted by Gasteiger charge is -2.07. The van der Waals surface area contributed by atoms with Gasteiger partial charge in [0.1, 0.15) is 4.11 Å². The highest BCUT2D eigenvalue weighted by Gasteiger charge is 1.96. The van der Waals surface area contributed by atoms with Gasteiger partial charge in [0.15, 0.2) is 0 Å². The summed E-state index contributed by atoms with van der Waals surface area (Å²) in [5, 5.41) is 0. The van der Waals surface area contributed by atoms with E-state index in [2.05, 4.69) is 36.4 Å². The van der Waals surface area contributed by atoms with Crippen LogP contribution in [-0.2, 0) is 4.74 Å². The molecule has 0 bridgehead atoms. The quantitative estimate of drug-likeness (QED) is 0.532. The van der Waals surface area contributed by atoms with Crippen molar-refractivity contribution in [1.82, 2.24) is 0 Å². The number of alkyl halides is 1. The van der Waals surface area contributed by atoms with E-state index in [1.165, 1.54) is 0 Å². The summed E-state index contributed by atoms with van der Waals surface area (Å²) < 4.78 is 5.65. The van der Waals surface area contributed by atoms with Crippen molar-refractivity contribution in [3.8, 4) is 0 Å². The molecule has 0 heterocycles. The minimum absolute atomic E-state index is 0.356. The maximum absolute atomic E-state index is 5.29. The molecule has 0 aliphatic heterocycles. The van der Waals surface area contributed by atoms with E-state index in [0.29, 0.717) is 10.0 Å². The lowest BCUT2D eigenvalue weighted by Crippen LogP contribution is -2.05. The molecule has 8 heavy (non-hydrogen) atoms. The van der Waals surface area contributed by atoms with Gasteiger partial charge in [-0.05, 0) is 12.8 Å². The number of halogens is 1. The predicted molar refractivity (Wildman–Crippen MR) is 44.3 cm³/mol. The molecule has 0 aromatic carbocycles. The molecule has 2 heteroatoms. The van der Waals surface area contributed by atoms with E-state index in [0.717, 1.165) is 6.61 Å². The fraction of sp³-hybridized carbons (Fsp3) is 1.00. The molecule has 0 spiro atoms. The monoisotopic (exact) mass is 228 g/mol. The zero-order valence-corrected chi connectivity index (χ0v) is 7.81. The normalized spacial score (nSPS) is 14.6.